The predicted molar refractivity (Wildman–Crippen MR) is 104 cm³/mol. The number of benzene rings is 1. The minimum Gasteiger partial charge on any atom is -0.369 e. The molecule has 0 fully saturated rings. The normalized spacial score (nSPS) is 18.2. The van der Waals surface area contributed by atoms with Gasteiger partial charge in [0.25, 0.3) is 0 Å². The molecule has 0 radical (unpaired) electrons. The third-order valence-corrected chi connectivity index (χ3v) is 4.88. The Kier molecular flexibility index (Phi) is 6.30. The molecule has 2 rings (SSSR count). The summed E-state index contributed by atoms with van der Waals surface area (Å²) in [6.45, 7) is 10.2. The molecule has 0 bridgehead atoms. The molecule has 0 aromatic heterocycles. The Hall–Kier alpha value is -2.49. The van der Waals surface area contributed by atoms with Gasteiger partial charge in [0, 0.05) is 12.0 Å². The van der Waals surface area contributed by atoms with Gasteiger partial charge in [0.2, 0.25) is 5.91 Å². The molecule has 1 aliphatic rings. The van der Waals surface area contributed by atoms with Crippen LogP contribution in [-0.2, 0) is 16.0 Å². The number of carbonyl (C=O) groups excluding carboxylic acids is 3. The number of aldehydes is 1. The lowest BCUT2D eigenvalue weighted by molar-refractivity contribution is -0.123. The van der Waals surface area contributed by atoms with Gasteiger partial charge in [-0.15, -0.1) is 0 Å². The van der Waals surface area contributed by atoms with Gasteiger partial charge in [0.05, 0.1) is 11.8 Å². The second-order valence-corrected chi connectivity index (χ2v) is 7.49. The van der Waals surface area contributed by atoms with Crippen LogP contribution in [0.15, 0.2) is 36.4 Å². The first-order chi connectivity index (χ1) is 12.3. The highest BCUT2D eigenvalue weighted by atomic mass is 16.1. The number of carbonyl (C=O) groups is 3. The summed E-state index contributed by atoms with van der Waals surface area (Å²) in [5.41, 5.74) is 9.56. The second-order valence-electron chi connectivity index (χ2n) is 7.49. The van der Waals surface area contributed by atoms with Crippen LogP contribution in [0.25, 0.3) is 5.57 Å². The van der Waals surface area contributed by atoms with E-state index in [0.717, 1.165) is 35.0 Å². The molecule has 0 saturated heterocycles. The summed E-state index contributed by atoms with van der Waals surface area (Å²) in [6, 6.07) is 5.88. The fraction of sp³-hybridized carbons (Fsp3) is 0.409. The van der Waals surface area contributed by atoms with E-state index < -0.39 is 17.7 Å². The van der Waals surface area contributed by atoms with Gasteiger partial charge in [0.15, 0.2) is 5.78 Å². The van der Waals surface area contributed by atoms with Crippen molar-refractivity contribution < 1.29 is 14.4 Å². The van der Waals surface area contributed by atoms with E-state index in [-0.39, 0.29) is 18.6 Å². The minimum absolute atomic E-state index is 0.118. The highest BCUT2D eigenvalue weighted by Crippen LogP contribution is 2.36. The average Bonchev–Trinajstić information content (AvgIpc) is 2.64. The Morgan fingerprint density at radius 3 is 2.58 bits per heavy atom. The summed E-state index contributed by atoms with van der Waals surface area (Å²) in [4.78, 5) is 36.2. The van der Waals surface area contributed by atoms with Crippen LogP contribution in [0.5, 0.6) is 0 Å². The average molecular weight is 353 g/mol. The monoisotopic (exact) mass is 353 g/mol. The van der Waals surface area contributed by atoms with Gasteiger partial charge in [-0.05, 0) is 48.4 Å². The number of hydrogen-bond donors (Lipinski definition) is 1. The number of primary amides is 1. The van der Waals surface area contributed by atoms with E-state index in [1.165, 1.54) is 0 Å². The zero-order valence-electron chi connectivity index (χ0n) is 15.7. The van der Waals surface area contributed by atoms with Crippen LogP contribution < -0.4 is 5.73 Å². The van der Waals surface area contributed by atoms with E-state index in [1.807, 2.05) is 31.2 Å². The molecule has 26 heavy (non-hydrogen) atoms. The number of hydrogen-bond acceptors (Lipinski definition) is 3. The van der Waals surface area contributed by atoms with Gasteiger partial charge in [-0.3, -0.25) is 9.59 Å². The van der Waals surface area contributed by atoms with Crippen molar-refractivity contribution >= 4 is 23.5 Å². The first kappa shape index (κ1) is 19.8. The molecule has 138 valence electrons. The Labute approximate surface area is 155 Å². The molecule has 1 aliphatic carbocycles. The van der Waals surface area contributed by atoms with E-state index in [4.69, 9.17) is 5.73 Å². The summed E-state index contributed by atoms with van der Waals surface area (Å²) in [5, 5.41) is 0. The molecule has 2 unspecified atom stereocenters. The molecule has 0 heterocycles. The lowest BCUT2D eigenvalue weighted by Crippen LogP contribution is -2.35. The topological polar surface area (TPSA) is 77.2 Å². The van der Waals surface area contributed by atoms with Crippen molar-refractivity contribution in [3.63, 3.8) is 0 Å². The standard InChI is InChI=1S/C22H27NO3/c1-13(2)10-16-7-8-17-14(3)11-15(4)20(21(25)19(17)12-16)18(22(23)26)6-5-9-24/h7-9,11-13,18,20H,3,5-6,10H2,1-2,4H3,(H2,23,26). The van der Waals surface area contributed by atoms with Crippen molar-refractivity contribution in [2.45, 2.75) is 40.0 Å². The summed E-state index contributed by atoms with van der Waals surface area (Å²) in [5.74, 6) is -1.55. The molecule has 4 nitrogen and oxygen atoms in total. The molecule has 2 N–H and O–H groups in total. The number of allylic oxidation sites excluding steroid dienone is 3. The van der Waals surface area contributed by atoms with Gasteiger partial charge in [-0.1, -0.05) is 44.2 Å². The van der Waals surface area contributed by atoms with Crippen molar-refractivity contribution in [1.82, 2.24) is 0 Å². The van der Waals surface area contributed by atoms with Crippen molar-refractivity contribution in [2.24, 2.45) is 23.5 Å². The van der Waals surface area contributed by atoms with Gasteiger partial charge in [0.1, 0.15) is 6.29 Å². The second kappa shape index (κ2) is 8.26. The molecule has 0 saturated carbocycles. The Balaban J connectivity index is 2.54. The molecule has 1 aromatic carbocycles. The Bertz CT molecular complexity index is 774. The number of Topliss-reactive ketones (excluding diaryl/α,β-unsaturated/α-hetero) is 1. The Morgan fingerprint density at radius 1 is 1.31 bits per heavy atom. The van der Waals surface area contributed by atoms with Crippen LogP contribution in [-0.4, -0.2) is 18.0 Å². The number of fused-ring (bicyclic) bond motifs is 1. The predicted octanol–water partition coefficient (Wildman–Crippen LogP) is 3.74. The van der Waals surface area contributed by atoms with Crippen LogP contribution in [0, 0.1) is 17.8 Å². The number of rotatable bonds is 7. The molecule has 2 atom stereocenters. The van der Waals surface area contributed by atoms with Crippen molar-refractivity contribution in [2.75, 3.05) is 0 Å². The summed E-state index contributed by atoms with van der Waals surface area (Å²) < 4.78 is 0. The lowest BCUT2D eigenvalue weighted by atomic mass is 9.78. The highest BCUT2D eigenvalue weighted by molar-refractivity contribution is 6.07. The van der Waals surface area contributed by atoms with E-state index in [1.54, 1.807) is 0 Å². The largest absolute Gasteiger partial charge is 0.369 e. The first-order valence-electron chi connectivity index (χ1n) is 9.03. The molecular formula is C22H27NO3. The summed E-state index contributed by atoms with van der Waals surface area (Å²) in [7, 11) is 0. The fourth-order valence-electron chi connectivity index (χ4n) is 3.71. The summed E-state index contributed by atoms with van der Waals surface area (Å²) >= 11 is 0. The van der Waals surface area contributed by atoms with Gasteiger partial charge >= 0.3 is 0 Å². The van der Waals surface area contributed by atoms with E-state index in [0.29, 0.717) is 11.5 Å². The van der Waals surface area contributed by atoms with Crippen LogP contribution in [0.2, 0.25) is 0 Å². The first-order valence-corrected chi connectivity index (χ1v) is 9.03. The van der Waals surface area contributed by atoms with Gasteiger partial charge in [-0.2, -0.15) is 0 Å². The smallest absolute Gasteiger partial charge is 0.221 e. The number of ketones is 1. The Morgan fingerprint density at radius 2 is 2.00 bits per heavy atom. The van der Waals surface area contributed by atoms with Crippen molar-refractivity contribution in [1.29, 1.82) is 0 Å². The highest BCUT2D eigenvalue weighted by Gasteiger charge is 2.36. The van der Waals surface area contributed by atoms with Gasteiger partial charge in [-0.25, -0.2) is 0 Å². The quantitative estimate of drug-likeness (QED) is 0.759. The third-order valence-electron chi connectivity index (χ3n) is 4.88. The molecule has 0 aliphatic heterocycles. The zero-order valence-corrected chi connectivity index (χ0v) is 15.7. The van der Waals surface area contributed by atoms with Crippen LogP contribution in [0.4, 0.5) is 0 Å². The number of nitrogens with two attached hydrogens (primary N) is 1. The molecule has 4 heteroatoms. The lowest BCUT2D eigenvalue weighted by Gasteiger charge is -2.23. The van der Waals surface area contributed by atoms with E-state index >= 15 is 0 Å². The maximum absolute atomic E-state index is 13.4. The SMILES string of the molecule is C=C1C=C(C)C(C(CCC=O)C(N)=O)C(=O)c2cc(CC(C)C)ccc21. The summed E-state index contributed by atoms with van der Waals surface area (Å²) in [6.07, 6.45) is 3.95. The maximum atomic E-state index is 13.4. The van der Waals surface area contributed by atoms with Crippen LogP contribution >= 0.6 is 0 Å². The molecular weight excluding hydrogens is 326 g/mol. The third kappa shape index (κ3) is 4.18. The van der Waals surface area contributed by atoms with E-state index in [9.17, 15) is 14.4 Å². The fourth-order valence-corrected chi connectivity index (χ4v) is 3.71. The van der Waals surface area contributed by atoms with Crippen molar-refractivity contribution in [3.05, 3.63) is 53.1 Å². The van der Waals surface area contributed by atoms with E-state index in [2.05, 4.69) is 20.4 Å². The number of amides is 1. The zero-order chi connectivity index (χ0) is 19.4. The molecule has 0 spiro atoms. The minimum atomic E-state index is -0.698. The van der Waals surface area contributed by atoms with Crippen molar-refractivity contribution in [3.8, 4) is 0 Å². The molecule has 1 aromatic rings. The molecule has 1 amide bonds. The van der Waals surface area contributed by atoms with Gasteiger partial charge < -0.3 is 10.5 Å². The van der Waals surface area contributed by atoms with Crippen LogP contribution in [0.1, 0.15) is 55.1 Å². The maximum Gasteiger partial charge on any atom is 0.221 e. The van der Waals surface area contributed by atoms with Crippen LogP contribution in [0.3, 0.4) is 0 Å².